The Kier molecular flexibility index (Phi) is 3.53. The largest absolute Gasteiger partial charge is 0.368 e. The van der Waals surface area contributed by atoms with Crippen LogP contribution in [0.15, 0.2) is 29.4 Å². The molecule has 0 unspecified atom stereocenters. The molecule has 0 bridgehead atoms. The molecule has 2 aromatic heterocycles. The molecule has 0 fully saturated rings. The summed E-state index contributed by atoms with van der Waals surface area (Å²) in [6.45, 7) is 4.59. The Bertz CT molecular complexity index is 648. The van der Waals surface area contributed by atoms with E-state index in [1.54, 1.807) is 29.7 Å². The summed E-state index contributed by atoms with van der Waals surface area (Å²) in [5.41, 5.74) is 0.602. The van der Waals surface area contributed by atoms with Gasteiger partial charge < -0.3 is 5.32 Å². The van der Waals surface area contributed by atoms with Crippen LogP contribution >= 0.6 is 0 Å². The lowest BCUT2D eigenvalue weighted by atomic mass is 10.5. The van der Waals surface area contributed by atoms with Gasteiger partial charge in [-0.15, -0.1) is 0 Å². The maximum absolute atomic E-state index is 12.2. The van der Waals surface area contributed by atoms with Crippen molar-refractivity contribution in [3.05, 3.63) is 24.4 Å². The van der Waals surface area contributed by atoms with Crippen molar-refractivity contribution in [3.63, 3.8) is 0 Å². The maximum Gasteiger partial charge on any atom is 0.260 e. The summed E-state index contributed by atoms with van der Waals surface area (Å²) in [6.07, 6.45) is 1.69. The molecule has 0 saturated heterocycles. The van der Waals surface area contributed by atoms with E-state index in [4.69, 9.17) is 0 Å². The fraction of sp³-hybridized carbons (Fsp3) is 0.364. The van der Waals surface area contributed by atoms with Crippen LogP contribution in [0.25, 0.3) is 5.65 Å². The molecular formula is C11H16N4O2S. The molecule has 98 valence electrons. The van der Waals surface area contributed by atoms with E-state index in [-0.39, 0.29) is 5.03 Å². The van der Waals surface area contributed by atoms with Crippen LogP contribution in [0, 0.1) is 0 Å². The summed E-state index contributed by atoms with van der Waals surface area (Å²) in [6, 6.07) is 5.36. The first-order valence-electron chi connectivity index (χ1n) is 5.80. The average molecular weight is 268 g/mol. The molecule has 18 heavy (non-hydrogen) atoms. The first kappa shape index (κ1) is 12.8. The number of fused-ring (bicyclic) bond motifs is 1. The summed E-state index contributed by atoms with van der Waals surface area (Å²) >= 11 is 0. The highest BCUT2D eigenvalue weighted by atomic mass is 32.2. The SMILES string of the molecule is CCNc1nc2ccccn2c1S(=O)(=O)NCC. The molecule has 0 saturated carbocycles. The van der Waals surface area contributed by atoms with Gasteiger partial charge >= 0.3 is 0 Å². The zero-order chi connectivity index (χ0) is 13.2. The third-order valence-electron chi connectivity index (χ3n) is 2.42. The minimum absolute atomic E-state index is 0.154. The Morgan fingerprint density at radius 2 is 2.06 bits per heavy atom. The first-order chi connectivity index (χ1) is 8.60. The topological polar surface area (TPSA) is 75.5 Å². The number of rotatable bonds is 5. The van der Waals surface area contributed by atoms with Crippen molar-refractivity contribution >= 4 is 21.5 Å². The molecule has 0 aliphatic carbocycles. The van der Waals surface area contributed by atoms with Gasteiger partial charge in [0.1, 0.15) is 5.65 Å². The highest BCUT2D eigenvalue weighted by Gasteiger charge is 2.23. The molecule has 0 spiro atoms. The lowest BCUT2D eigenvalue weighted by Gasteiger charge is -2.07. The molecule has 0 atom stereocenters. The molecule has 2 N–H and O–H groups in total. The van der Waals surface area contributed by atoms with Gasteiger partial charge in [-0.05, 0) is 19.1 Å². The fourth-order valence-electron chi connectivity index (χ4n) is 1.77. The highest BCUT2D eigenvalue weighted by Crippen LogP contribution is 2.22. The van der Waals surface area contributed by atoms with Gasteiger partial charge in [0.15, 0.2) is 10.8 Å². The summed E-state index contributed by atoms with van der Waals surface area (Å²) in [5, 5.41) is 3.13. The zero-order valence-corrected chi connectivity index (χ0v) is 11.2. The summed E-state index contributed by atoms with van der Waals surface area (Å²) in [7, 11) is -3.56. The van der Waals surface area contributed by atoms with Gasteiger partial charge in [0.05, 0.1) is 0 Å². The molecular weight excluding hydrogens is 252 g/mol. The number of anilines is 1. The third-order valence-corrected chi connectivity index (χ3v) is 3.99. The molecule has 7 heteroatoms. The standard InChI is InChI=1S/C11H16N4O2S/c1-3-12-10-11(18(16,17)13-4-2)15-8-6-5-7-9(15)14-10/h5-8,12-13H,3-4H2,1-2H3. The number of nitrogens with zero attached hydrogens (tertiary/aromatic N) is 2. The van der Waals surface area contributed by atoms with Gasteiger partial charge in [-0.3, -0.25) is 4.40 Å². The molecule has 2 heterocycles. The smallest absolute Gasteiger partial charge is 0.260 e. The number of aromatic nitrogens is 2. The molecule has 6 nitrogen and oxygen atoms in total. The summed E-state index contributed by atoms with van der Waals surface area (Å²) < 4.78 is 28.4. The van der Waals surface area contributed by atoms with Gasteiger partial charge in [0.25, 0.3) is 10.0 Å². The van der Waals surface area contributed by atoms with Crippen LogP contribution in [0.5, 0.6) is 0 Å². The lowest BCUT2D eigenvalue weighted by Crippen LogP contribution is -2.25. The van der Waals surface area contributed by atoms with E-state index in [0.29, 0.717) is 24.6 Å². The number of sulfonamides is 1. The van der Waals surface area contributed by atoms with Gasteiger partial charge in [-0.1, -0.05) is 13.0 Å². The van der Waals surface area contributed by atoms with Crippen molar-refractivity contribution in [2.45, 2.75) is 18.9 Å². The van der Waals surface area contributed by atoms with Crippen molar-refractivity contribution in [2.75, 3.05) is 18.4 Å². The third kappa shape index (κ3) is 2.19. The predicted octanol–water partition coefficient (Wildman–Crippen LogP) is 1.06. The van der Waals surface area contributed by atoms with Crippen molar-refractivity contribution < 1.29 is 8.42 Å². The van der Waals surface area contributed by atoms with Crippen LogP contribution in [0.3, 0.4) is 0 Å². The second-order valence-corrected chi connectivity index (χ2v) is 5.41. The van der Waals surface area contributed by atoms with E-state index in [9.17, 15) is 8.42 Å². The van der Waals surface area contributed by atoms with Gasteiger partial charge in [0.2, 0.25) is 0 Å². The van der Waals surface area contributed by atoms with E-state index >= 15 is 0 Å². The molecule has 0 aliphatic heterocycles. The number of nitrogens with one attached hydrogen (secondary N) is 2. The van der Waals surface area contributed by atoms with Gasteiger partial charge in [-0.25, -0.2) is 18.1 Å². The van der Waals surface area contributed by atoms with E-state index < -0.39 is 10.0 Å². The normalized spacial score (nSPS) is 11.9. The fourth-order valence-corrected chi connectivity index (χ4v) is 3.07. The number of hydrogen-bond acceptors (Lipinski definition) is 4. The molecule has 0 aliphatic rings. The van der Waals surface area contributed by atoms with Crippen LogP contribution in [0.2, 0.25) is 0 Å². The quantitative estimate of drug-likeness (QED) is 0.850. The number of hydrogen-bond donors (Lipinski definition) is 2. The molecule has 0 radical (unpaired) electrons. The summed E-state index contributed by atoms with van der Waals surface area (Å²) in [4.78, 5) is 4.28. The minimum Gasteiger partial charge on any atom is -0.368 e. The Hall–Kier alpha value is -1.60. The Morgan fingerprint density at radius 3 is 2.72 bits per heavy atom. The molecule has 0 aromatic carbocycles. The van der Waals surface area contributed by atoms with Crippen LogP contribution < -0.4 is 10.0 Å². The molecule has 2 aromatic rings. The molecule has 2 rings (SSSR count). The first-order valence-corrected chi connectivity index (χ1v) is 7.29. The average Bonchev–Trinajstić information content (AvgIpc) is 2.67. The van der Waals surface area contributed by atoms with E-state index in [0.717, 1.165) is 0 Å². The zero-order valence-electron chi connectivity index (χ0n) is 10.3. The van der Waals surface area contributed by atoms with Crippen molar-refractivity contribution in [1.29, 1.82) is 0 Å². The van der Waals surface area contributed by atoms with E-state index in [1.807, 2.05) is 13.0 Å². The highest BCUT2D eigenvalue weighted by molar-refractivity contribution is 7.89. The predicted molar refractivity (Wildman–Crippen MR) is 70.2 cm³/mol. The van der Waals surface area contributed by atoms with E-state index in [1.165, 1.54) is 0 Å². The number of imidazole rings is 1. The van der Waals surface area contributed by atoms with Gasteiger partial charge in [-0.2, -0.15) is 0 Å². The Balaban J connectivity index is 2.69. The molecule has 0 amide bonds. The van der Waals surface area contributed by atoms with Crippen molar-refractivity contribution in [1.82, 2.24) is 14.1 Å². The van der Waals surface area contributed by atoms with Crippen LogP contribution in [-0.2, 0) is 10.0 Å². The Morgan fingerprint density at radius 1 is 1.28 bits per heavy atom. The second kappa shape index (κ2) is 4.95. The maximum atomic E-state index is 12.2. The summed E-state index contributed by atoms with van der Waals surface area (Å²) in [5.74, 6) is 0.379. The van der Waals surface area contributed by atoms with Crippen LogP contribution in [0.1, 0.15) is 13.8 Å². The van der Waals surface area contributed by atoms with Crippen LogP contribution in [-0.4, -0.2) is 30.9 Å². The van der Waals surface area contributed by atoms with Crippen LogP contribution in [0.4, 0.5) is 5.82 Å². The minimum atomic E-state index is -3.56. The lowest BCUT2D eigenvalue weighted by molar-refractivity contribution is 0.579. The number of pyridine rings is 1. The van der Waals surface area contributed by atoms with E-state index in [2.05, 4.69) is 15.0 Å². The monoisotopic (exact) mass is 268 g/mol. The van der Waals surface area contributed by atoms with Crippen molar-refractivity contribution in [3.8, 4) is 0 Å². The van der Waals surface area contributed by atoms with Gasteiger partial charge in [0, 0.05) is 19.3 Å². The second-order valence-electron chi connectivity index (χ2n) is 3.73. The Labute approximate surface area is 106 Å². The van der Waals surface area contributed by atoms with Crippen molar-refractivity contribution in [2.24, 2.45) is 0 Å².